The minimum Gasteiger partial charge on any atom is -0.481 e. The molecule has 2 aromatic rings. The molecule has 1 aromatic heterocycles. The molecule has 6 nitrogen and oxygen atoms in total. The Morgan fingerprint density at radius 3 is 3.00 bits per heavy atom. The number of nitrogens with zero attached hydrogens (tertiary/aromatic N) is 1. The Morgan fingerprint density at radius 2 is 2.22 bits per heavy atom. The summed E-state index contributed by atoms with van der Waals surface area (Å²) >= 11 is 1.64. The van der Waals surface area contributed by atoms with Gasteiger partial charge in [0.05, 0.1) is 5.92 Å². The molecule has 1 fully saturated rings. The summed E-state index contributed by atoms with van der Waals surface area (Å²) in [6.45, 7) is 0.596. The lowest BCUT2D eigenvalue weighted by molar-refractivity contribution is -0.142. The van der Waals surface area contributed by atoms with Gasteiger partial charge in [0.15, 0.2) is 0 Å². The second-order valence-corrected chi connectivity index (χ2v) is 8.36. The van der Waals surface area contributed by atoms with E-state index in [0.29, 0.717) is 19.4 Å². The fraction of sp³-hybridized carbons (Fsp3) is 0.400. The minimum absolute atomic E-state index is 0.0359. The van der Waals surface area contributed by atoms with E-state index in [2.05, 4.69) is 4.72 Å². The third-order valence-corrected chi connectivity index (χ3v) is 6.47. The van der Waals surface area contributed by atoms with Gasteiger partial charge < -0.3 is 5.11 Å². The van der Waals surface area contributed by atoms with Crippen molar-refractivity contribution in [3.63, 3.8) is 0 Å². The molecule has 0 radical (unpaired) electrons. The van der Waals surface area contributed by atoms with E-state index in [1.807, 2.05) is 29.6 Å². The van der Waals surface area contributed by atoms with E-state index in [-0.39, 0.29) is 13.1 Å². The van der Waals surface area contributed by atoms with Gasteiger partial charge in [0.1, 0.15) is 0 Å². The number of thiophene rings is 1. The molecular weight excluding hydrogens is 336 g/mol. The number of hydrogen-bond donors (Lipinski definition) is 2. The lowest BCUT2D eigenvalue weighted by atomic mass is 10.0. The highest BCUT2D eigenvalue weighted by Crippen LogP contribution is 2.22. The molecule has 2 N–H and O–H groups in total. The zero-order valence-electron chi connectivity index (χ0n) is 12.4. The summed E-state index contributed by atoms with van der Waals surface area (Å²) in [5.74, 6) is -1.56. The Bertz CT molecular complexity index is 816. The maximum atomic E-state index is 12.4. The van der Waals surface area contributed by atoms with Gasteiger partial charge in [-0.1, -0.05) is 6.07 Å². The van der Waals surface area contributed by atoms with Crippen LogP contribution in [0.3, 0.4) is 0 Å². The van der Waals surface area contributed by atoms with Crippen molar-refractivity contribution in [3.8, 4) is 0 Å². The van der Waals surface area contributed by atoms with Gasteiger partial charge in [0, 0.05) is 24.3 Å². The second kappa shape index (κ2) is 6.56. The third kappa shape index (κ3) is 3.72. The van der Waals surface area contributed by atoms with Crippen molar-refractivity contribution in [2.24, 2.45) is 5.92 Å². The van der Waals surface area contributed by atoms with E-state index in [1.165, 1.54) is 4.31 Å². The molecule has 0 aliphatic carbocycles. The Balaban J connectivity index is 1.67. The second-order valence-electron chi connectivity index (χ2n) is 5.65. The summed E-state index contributed by atoms with van der Waals surface area (Å²) in [5.41, 5.74) is 0.881. The van der Waals surface area contributed by atoms with Crippen LogP contribution in [0.5, 0.6) is 0 Å². The van der Waals surface area contributed by atoms with Crippen LogP contribution in [-0.4, -0.2) is 36.9 Å². The maximum Gasteiger partial charge on any atom is 0.307 e. The maximum absolute atomic E-state index is 12.4. The molecule has 1 aliphatic rings. The topological polar surface area (TPSA) is 86.7 Å². The molecule has 1 saturated heterocycles. The standard InChI is InChI=1S/C15H18N2O4S2/c18-15(19)13-2-1-6-17(10-13)23(20,21)16-9-11-3-4-14-12(8-11)5-7-22-14/h3-5,7-8,13,16H,1-2,6,9-10H2,(H,18,19)/t13-/m0/s1. The van der Waals surface area contributed by atoms with E-state index in [4.69, 9.17) is 5.11 Å². The number of aliphatic carboxylic acids is 1. The van der Waals surface area contributed by atoms with Crippen LogP contribution in [0.4, 0.5) is 0 Å². The van der Waals surface area contributed by atoms with Gasteiger partial charge in [-0.05, 0) is 47.4 Å². The van der Waals surface area contributed by atoms with Gasteiger partial charge in [-0.25, -0.2) is 0 Å². The number of hydrogen-bond acceptors (Lipinski definition) is 4. The van der Waals surface area contributed by atoms with Gasteiger partial charge in [0.25, 0.3) is 10.2 Å². The number of carboxylic acid groups (broad SMARTS) is 1. The van der Waals surface area contributed by atoms with Crippen molar-refractivity contribution >= 4 is 37.6 Å². The van der Waals surface area contributed by atoms with Crippen molar-refractivity contribution < 1.29 is 18.3 Å². The molecule has 0 saturated carbocycles. The largest absolute Gasteiger partial charge is 0.481 e. The van der Waals surface area contributed by atoms with Gasteiger partial charge >= 0.3 is 5.97 Å². The van der Waals surface area contributed by atoms with Crippen molar-refractivity contribution in [2.75, 3.05) is 13.1 Å². The summed E-state index contributed by atoms with van der Waals surface area (Å²) in [6, 6.07) is 7.84. The zero-order chi connectivity index (χ0) is 16.4. The van der Waals surface area contributed by atoms with Crippen LogP contribution in [0.25, 0.3) is 10.1 Å². The van der Waals surface area contributed by atoms with Gasteiger partial charge in [-0.2, -0.15) is 17.4 Å². The van der Waals surface area contributed by atoms with Crippen molar-refractivity contribution in [1.29, 1.82) is 0 Å². The molecule has 0 amide bonds. The van der Waals surface area contributed by atoms with Crippen LogP contribution >= 0.6 is 11.3 Å². The first-order chi connectivity index (χ1) is 11.0. The molecule has 8 heteroatoms. The average Bonchev–Trinajstić information content (AvgIpc) is 3.01. The first kappa shape index (κ1) is 16.4. The molecule has 1 atom stereocenters. The quantitative estimate of drug-likeness (QED) is 0.860. The predicted molar refractivity (Wildman–Crippen MR) is 89.5 cm³/mol. The lowest BCUT2D eigenvalue weighted by Gasteiger charge is -2.29. The monoisotopic (exact) mass is 354 g/mol. The lowest BCUT2D eigenvalue weighted by Crippen LogP contribution is -2.47. The molecule has 3 rings (SSSR count). The van der Waals surface area contributed by atoms with E-state index in [9.17, 15) is 13.2 Å². The van der Waals surface area contributed by atoms with Gasteiger partial charge in [-0.15, -0.1) is 11.3 Å². The highest BCUT2D eigenvalue weighted by Gasteiger charge is 2.31. The number of rotatable bonds is 5. The number of carboxylic acids is 1. The smallest absolute Gasteiger partial charge is 0.307 e. The predicted octanol–water partition coefficient (Wildman–Crippen LogP) is 2.03. The normalized spacial score (nSPS) is 19.9. The summed E-state index contributed by atoms with van der Waals surface area (Å²) in [4.78, 5) is 11.1. The van der Waals surface area contributed by atoms with Crippen LogP contribution in [0.2, 0.25) is 0 Å². The molecule has 2 heterocycles. The van der Waals surface area contributed by atoms with Crippen LogP contribution in [0.15, 0.2) is 29.6 Å². The summed E-state index contributed by atoms with van der Waals surface area (Å²) in [6.07, 6.45) is 1.09. The number of piperidine rings is 1. The van der Waals surface area contributed by atoms with Gasteiger partial charge in [0.2, 0.25) is 0 Å². The Morgan fingerprint density at radius 1 is 1.39 bits per heavy atom. The fourth-order valence-corrected chi connectivity index (χ4v) is 4.80. The number of carbonyl (C=O) groups is 1. The molecule has 23 heavy (non-hydrogen) atoms. The molecule has 1 aromatic carbocycles. The molecule has 0 unspecified atom stereocenters. The molecule has 1 aliphatic heterocycles. The number of benzene rings is 1. The van der Waals surface area contributed by atoms with E-state index < -0.39 is 22.1 Å². The highest BCUT2D eigenvalue weighted by atomic mass is 32.2. The van der Waals surface area contributed by atoms with Gasteiger partial charge in [-0.3, -0.25) is 4.79 Å². The molecule has 124 valence electrons. The molecule has 0 spiro atoms. The summed E-state index contributed by atoms with van der Waals surface area (Å²) in [7, 11) is -3.67. The first-order valence-corrected chi connectivity index (χ1v) is 9.71. The van der Waals surface area contributed by atoms with Crippen LogP contribution in [-0.2, 0) is 21.5 Å². The SMILES string of the molecule is O=C(O)[C@H]1CCCN(S(=O)(=O)NCc2ccc3sccc3c2)C1. The molecule has 0 bridgehead atoms. The van der Waals surface area contributed by atoms with E-state index >= 15 is 0 Å². The summed E-state index contributed by atoms with van der Waals surface area (Å²) in [5, 5.41) is 12.2. The Kier molecular flexibility index (Phi) is 4.67. The van der Waals surface area contributed by atoms with E-state index in [1.54, 1.807) is 11.3 Å². The zero-order valence-corrected chi connectivity index (χ0v) is 14.1. The fourth-order valence-electron chi connectivity index (χ4n) is 2.75. The Hall–Kier alpha value is -1.48. The van der Waals surface area contributed by atoms with Crippen LogP contribution < -0.4 is 4.72 Å². The Labute approximate surface area is 138 Å². The van der Waals surface area contributed by atoms with Crippen molar-refractivity contribution in [2.45, 2.75) is 19.4 Å². The number of nitrogens with one attached hydrogen (secondary N) is 1. The number of fused-ring (bicyclic) bond motifs is 1. The van der Waals surface area contributed by atoms with Crippen LogP contribution in [0.1, 0.15) is 18.4 Å². The average molecular weight is 354 g/mol. The first-order valence-electron chi connectivity index (χ1n) is 7.39. The third-order valence-electron chi connectivity index (χ3n) is 4.05. The van der Waals surface area contributed by atoms with E-state index in [0.717, 1.165) is 15.6 Å². The highest BCUT2D eigenvalue weighted by molar-refractivity contribution is 7.87. The van der Waals surface area contributed by atoms with Crippen LogP contribution in [0, 0.1) is 5.92 Å². The minimum atomic E-state index is -3.67. The molecular formula is C15H18N2O4S2. The van der Waals surface area contributed by atoms with Crippen molar-refractivity contribution in [1.82, 2.24) is 9.03 Å². The summed E-state index contributed by atoms with van der Waals surface area (Å²) < 4.78 is 29.7. The van der Waals surface area contributed by atoms with Crippen molar-refractivity contribution in [3.05, 3.63) is 35.2 Å².